The van der Waals surface area contributed by atoms with Crippen LogP contribution in [0, 0.1) is 20.2 Å². The molecule has 12 nitrogen and oxygen atoms in total. The first-order chi connectivity index (χ1) is 19.6. The van der Waals surface area contributed by atoms with Crippen molar-refractivity contribution < 1.29 is 19.3 Å². The second-order valence-electron chi connectivity index (χ2n) is 9.07. The maximum absolute atomic E-state index is 13.4. The molecule has 13 heteroatoms. The molecule has 3 aromatic carbocycles. The Bertz CT molecular complexity index is 1700. The summed E-state index contributed by atoms with van der Waals surface area (Å²) in [5.74, 6) is 0.393. The van der Waals surface area contributed by atoms with Crippen molar-refractivity contribution in [1.29, 1.82) is 0 Å². The summed E-state index contributed by atoms with van der Waals surface area (Å²) in [6.07, 6.45) is 2.05. The van der Waals surface area contributed by atoms with Crippen molar-refractivity contribution in [3.05, 3.63) is 107 Å². The van der Waals surface area contributed by atoms with Gasteiger partial charge in [-0.25, -0.2) is 4.98 Å². The summed E-state index contributed by atoms with van der Waals surface area (Å²) in [5.41, 5.74) is 0.608. The number of nitro benzene ring substituents is 2. The highest BCUT2D eigenvalue weighted by molar-refractivity contribution is 9.10. The van der Waals surface area contributed by atoms with Gasteiger partial charge < -0.3 is 9.47 Å². The fourth-order valence-corrected chi connectivity index (χ4v) is 4.36. The number of fused-ring (bicyclic) bond motifs is 1. The van der Waals surface area contributed by atoms with Crippen LogP contribution in [0.15, 0.2) is 69.0 Å². The Morgan fingerprint density at radius 1 is 1.05 bits per heavy atom. The molecule has 0 amide bonds. The summed E-state index contributed by atoms with van der Waals surface area (Å²) >= 11 is 3.38. The van der Waals surface area contributed by atoms with Crippen molar-refractivity contribution in [2.24, 2.45) is 5.10 Å². The smallest absolute Gasteiger partial charge is 0.315 e. The van der Waals surface area contributed by atoms with E-state index in [2.05, 4.69) is 26.0 Å². The molecule has 1 heterocycles. The van der Waals surface area contributed by atoms with Crippen LogP contribution in [0.3, 0.4) is 0 Å². The van der Waals surface area contributed by atoms with E-state index in [1.54, 1.807) is 19.1 Å². The SMILES string of the molecule is CCOc1cc(C=Nn2c([C@H](C)CC)nc3ccc(Br)cc3c2=O)cc([N+](=O)[O-])c1OCc1ccc([N+](=O)[O-])cc1. The van der Waals surface area contributed by atoms with E-state index in [0.717, 1.165) is 4.47 Å². The van der Waals surface area contributed by atoms with Gasteiger partial charge in [0.05, 0.1) is 33.6 Å². The van der Waals surface area contributed by atoms with Gasteiger partial charge in [-0.2, -0.15) is 9.78 Å². The Morgan fingerprint density at radius 2 is 1.78 bits per heavy atom. The van der Waals surface area contributed by atoms with Gasteiger partial charge in [-0.1, -0.05) is 29.8 Å². The number of benzene rings is 3. The van der Waals surface area contributed by atoms with Gasteiger partial charge in [0, 0.05) is 34.2 Å². The largest absolute Gasteiger partial charge is 0.490 e. The molecule has 0 saturated heterocycles. The third-order valence-corrected chi connectivity index (χ3v) is 6.79. The van der Waals surface area contributed by atoms with Crippen molar-refractivity contribution >= 4 is 44.4 Å². The Labute approximate surface area is 242 Å². The lowest BCUT2D eigenvalue weighted by atomic mass is 10.1. The standard InChI is InChI=1S/C28H26BrN5O7/c1-4-17(3)27-31-23-11-8-20(29)14-22(23)28(35)32(27)30-15-19-12-24(34(38)39)26(25(13-19)40-5-2)41-16-18-6-9-21(10-7-18)33(36)37/h6-15,17H,4-5,16H2,1-3H3/t17-/m1/s1. The summed E-state index contributed by atoms with van der Waals surface area (Å²) in [4.78, 5) is 39.9. The molecule has 0 aliphatic rings. The maximum Gasteiger partial charge on any atom is 0.315 e. The number of halogens is 1. The zero-order valence-electron chi connectivity index (χ0n) is 22.4. The number of nitrogens with zero attached hydrogens (tertiary/aromatic N) is 5. The van der Waals surface area contributed by atoms with Crippen molar-refractivity contribution in [3.63, 3.8) is 0 Å². The van der Waals surface area contributed by atoms with Crippen molar-refractivity contribution in [1.82, 2.24) is 9.66 Å². The van der Waals surface area contributed by atoms with E-state index >= 15 is 0 Å². The molecular weight excluding hydrogens is 598 g/mol. The lowest BCUT2D eigenvalue weighted by molar-refractivity contribution is -0.386. The van der Waals surface area contributed by atoms with Crippen LogP contribution in [0.4, 0.5) is 11.4 Å². The molecule has 0 bridgehead atoms. The zero-order chi connectivity index (χ0) is 29.7. The van der Waals surface area contributed by atoms with Crippen LogP contribution in [0.25, 0.3) is 10.9 Å². The molecule has 0 aliphatic heterocycles. The van der Waals surface area contributed by atoms with Gasteiger partial charge in [0.15, 0.2) is 5.75 Å². The zero-order valence-corrected chi connectivity index (χ0v) is 24.0. The Morgan fingerprint density at radius 3 is 2.41 bits per heavy atom. The molecule has 0 radical (unpaired) electrons. The quantitative estimate of drug-likeness (QED) is 0.106. The van der Waals surface area contributed by atoms with Gasteiger partial charge in [-0.3, -0.25) is 25.0 Å². The summed E-state index contributed by atoms with van der Waals surface area (Å²) in [7, 11) is 0. The van der Waals surface area contributed by atoms with Crippen molar-refractivity contribution in [3.8, 4) is 11.5 Å². The number of non-ortho nitro benzene ring substituents is 1. The molecule has 0 spiro atoms. The number of hydrogen-bond donors (Lipinski definition) is 0. The number of hydrogen-bond acceptors (Lipinski definition) is 9. The lowest BCUT2D eigenvalue weighted by Gasteiger charge is -2.14. The third-order valence-electron chi connectivity index (χ3n) is 6.29. The number of nitro groups is 2. The molecule has 0 fully saturated rings. The summed E-state index contributed by atoms with van der Waals surface area (Å²) in [5, 5.41) is 27.7. The summed E-state index contributed by atoms with van der Waals surface area (Å²) < 4.78 is 13.4. The first-order valence-corrected chi connectivity index (χ1v) is 13.5. The van der Waals surface area contributed by atoms with E-state index in [1.165, 1.54) is 47.3 Å². The Balaban J connectivity index is 1.75. The Hall–Kier alpha value is -4.65. The van der Waals surface area contributed by atoms with E-state index in [1.807, 2.05) is 19.9 Å². The van der Waals surface area contributed by atoms with E-state index in [9.17, 15) is 25.0 Å². The van der Waals surface area contributed by atoms with Crippen LogP contribution in [-0.4, -0.2) is 32.3 Å². The molecule has 0 N–H and O–H groups in total. The molecule has 0 unspecified atom stereocenters. The number of aromatic nitrogens is 2. The van der Waals surface area contributed by atoms with Gasteiger partial charge in [0.25, 0.3) is 11.2 Å². The first kappa shape index (κ1) is 29.3. The minimum absolute atomic E-state index is 0.0804. The van der Waals surface area contributed by atoms with Crippen LogP contribution in [0.1, 0.15) is 50.1 Å². The predicted octanol–water partition coefficient (Wildman–Crippen LogP) is 6.35. The van der Waals surface area contributed by atoms with Crippen LogP contribution in [0.2, 0.25) is 0 Å². The Kier molecular flexibility index (Phi) is 9.07. The van der Waals surface area contributed by atoms with Gasteiger partial charge in [-0.15, -0.1) is 0 Å². The normalized spacial score (nSPS) is 12.0. The van der Waals surface area contributed by atoms with Gasteiger partial charge in [0.1, 0.15) is 12.4 Å². The topological polar surface area (TPSA) is 152 Å². The van der Waals surface area contributed by atoms with Gasteiger partial charge in [-0.05, 0) is 55.3 Å². The maximum atomic E-state index is 13.4. The molecule has 41 heavy (non-hydrogen) atoms. The van der Waals surface area contributed by atoms with E-state index < -0.39 is 9.85 Å². The molecular formula is C28H26BrN5O7. The highest BCUT2D eigenvalue weighted by Gasteiger charge is 2.23. The van der Waals surface area contributed by atoms with Crippen molar-refractivity contribution in [2.45, 2.75) is 39.7 Å². The molecule has 0 saturated carbocycles. The average Bonchev–Trinajstić information content (AvgIpc) is 2.95. The molecule has 4 rings (SSSR count). The molecule has 4 aromatic rings. The van der Waals surface area contributed by atoms with Crippen LogP contribution in [-0.2, 0) is 6.61 Å². The number of rotatable bonds is 11. The second kappa shape index (κ2) is 12.7. The second-order valence-corrected chi connectivity index (χ2v) is 9.99. The van der Waals surface area contributed by atoms with Gasteiger partial charge in [0.2, 0.25) is 5.75 Å². The highest BCUT2D eigenvalue weighted by Crippen LogP contribution is 2.39. The molecule has 1 aromatic heterocycles. The average molecular weight is 624 g/mol. The predicted molar refractivity (Wildman–Crippen MR) is 157 cm³/mol. The lowest BCUT2D eigenvalue weighted by Crippen LogP contribution is -2.23. The minimum Gasteiger partial charge on any atom is -0.490 e. The monoisotopic (exact) mass is 623 g/mol. The van der Waals surface area contributed by atoms with Crippen LogP contribution in [0.5, 0.6) is 11.5 Å². The number of ether oxygens (including phenoxy) is 2. The third kappa shape index (κ3) is 6.57. The van der Waals surface area contributed by atoms with E-state index in [4.69, 9.17) is 9.47 Å². The first-order valence-electron chi connectivity index (χ1n) is 12.7. The van der Waals surface area contributed by atoms with E-state index in [-0.39, 0.29) is 47.6 Å². The van der Waals surface area contributed by atoms with Crippen LogP contribution >= 0.6 is 15.9 Å². The van der Waals surface area contributed by atoms with Gasteiger partial charge >= 0.3 is 5.69 Å². The molecule has 0 aliphatic carbocycles. The van der Waals surface area contributed by atoms with Crippen LogP contribution < -0.4 is 15.0 Å². The molecule has 212 valence electrons. The van der Waals surface area contributed by atoms with E-state index in [0.29, 0.717) is 34.3 Å². The highest BCUT2D eigenvalue weighted by atomic mass is 79.9. The molecule has 1 atom stereocenters. The summed E-state index contributed by atoms with van der Waals surface area (Å²) in [6.45, 7) is 5.76. The van der Waals surface area contributed by atoms with Crippen molar-refractivity contribution in [2.75, 3.05) is 6.61 Å². The summed E-state index contributed by atoms with van der Waals surface area (Å²) in [6, 6.07) is 13.7. The fourth-order valence-electron chi connectivity index (χ4n) is 4.00. The fraction of sp³-hybridized carbons (Fsp3) is 0.250. The minimum atomic E-state index is -0.600.